The van der Waals surface area contributed by atoms with Gasteiger partial charge in [-0.2, -0.15) is 0 Å². The van der Waals surface area contributed by atoms with Crippen molar-refractivity contribution in [2.24, 2.45) is 5.16 Å². The third kappa shape index (κ3) is 1.61. The molecule has 0 N–H and O–H groups in total. The number of Topliss-reactive ketones (excluding diaryl/α,β-unsaturated/α-hetero) is 1. The van der Waals surface area contributed by atoms with Gasteiger partial charge in [0.1, 0.15) is 5.71 Å². The summed E-state index contributed by atoms with van der Waals surface area (Å²) in [5.74, 6) is -0.684. The Morgan fingerprint density at radius 2 is 2.33 bits per heavy atom. The standard InChI is InChI=1S/C7H9NO4/c1-4(9)5-3-6(12-8-5)7(10)11-2/h6H,3H2,1-2H3. The van der Waals surface area contributed by atoms with Crippen LogP contribution in [-0.2, 0) is 19.2 Å². The number of ketones is 1. The normalized spacial score (nSPS) is 21.2. The van der Waals surface area contributed by atoms with E-state index in [0.717, 1.165) is 0 Å². The lowest BCUT2D eigenvalue weighted by atomic mass is 10.1. The number of carbonyl (C=O) groups excluding carboxylic acids is 2. The van der Waals surface area contributed by atoms with Crippen LogP contribution in [0.2, 0.25) is 0 Å². The fourth-order valence-electron chi connectivity index (χ4n) is 0.843. The topological polar surface area (TPSA) is 65.0 Å². The van der Waals surface area contributed by atoms with Crippen LogP contribution in [0.3, 0.4) is 0 Å². The summed E-state index contributed by atoms with van der Waals surface area (Å²) in [5, 5.41) is 3.45. The molecule has 0 amide bonds. The Morgan fingerprint density at radius 1 is 1.67 bits per heavy atom. The molecule has 12 heavy (non-hydrogen) atoms. The average molecular weight is 171 g/mol. The van der Waals surface area contributed by atoms with Gasteiger partial charge in [0.2, 0.25) is 6.10 Å². The van der Waals surface area contributed by atoms with Gasteiger partial charge in [-0.25, -0.2) is 4.79 Å². The molecule has 0 aromatic heterocycles. The molecule has 66 valence electrons. The first-order valence-electron chi connectivity index (χ1n) is 3.46. The van der Waals surface area contributed by atoms with Gasteiger partial charge in [-0.1, -0.05) is 5.16 Å². The largest absolute Gasteiger partial charge is 0.466 e. The van der Waals surface area contributed by atoms with Crippen LogP contribution >= 0.6 is 0 Å². The molecule has 0 aromatic carbocycles. The quantitative estimate of drug-likeness (QED) is 0.544. The van der Waals surface area contributed by atoms with E-state index < -0.39 is 12.1 Å². The van der Waals surface area contributed by atoms with E-state index in [1.54, 1.807) is 0 Å². The van der Waals surface area contributed by atoms with Crippen molar-refractivity contribution in [3.63, 3.8) is 0 Å². The number of esters is 1. The minimum atomic E-state index is -0.742. The zero-order valence-electron chi connectivity index (χ0n) is 6.86. The van der Waals surface area contributed by atoms with Crippen LogP contribution in [0.4, 0.5) is 0 Å². The molecular formula is C7H9NO4. The molecule has 0 aliphatic carbocycles. The number of oxime groups is 1. The monoisotopic (exact) mass is 171 g/mol. The van der Waals surface area contributed by atoms with E-state index in [1.165, 1.54) is 14.0 Å². The number of carbonyl (C=O) groups is 2. The summed E-state index contributed by atoms with van der Waals surface area (Å²) >= 11 is 0. The van der Waals surface area contributed by atoms with Crippen molar-refractivity contribution in [2.75, 3.05) is 7.11 Å². The summed E-state index contributed by atoms with van der Waals surface area (Å²) in [4.78, 5) is 26.3. The summed E-state index contributed by atoms with van der Waals surface area (Å²) in [6, 6.07) is 0. The number of methoxy groups -OCH3 is 1. The molecule has 1 heterocycles. The van der Waals surface area contributed by atoms with Gasteiger partial charge in [0.25, 0.3) is 0 Å². The second kappa shape index (κ2) is 3.34. The zero-order valence-corrected chi connectivity index (χ0v) is 6.86. The first kappa shape index (κ1) is 8.70. The van der Waals surface area contributed by atoms with Gasteiger partial charge in [-0.05, 0) is 0 Å². The molecule has 1 rings (SSSR count). The van der Waals surface area contributed by atoms with Crippen LogP contribution in [-0.4, -0.2) is 30.7 Å². The maximum atomic E-state index is 10.9. The first-order chi connectivity index (χ1) is 5.65. The molecule has 0 radical (unpaired) electrons. The Bertz CT molecular complexity index is 246. The molecule has 0 saturated heterocycles. The molecule has 0 spiro atoms. The molecule has 0 aromatic rings. The summed E-state index contributed by atoms with van der Waals surface area (Å²) in [6.07, 6.45) is -0.531. The van der Waals surface area contributed by atoms with Crippen LogP contribution in [0.15, 0.2) is 5.16 Å². The van der Waals surface area contributed by atoms with Crippen molar-refractivity contribution in [1.29, 1.82) is 0 Å². The highest BCUT2D eigenvalue weighted by atomic mass is 16.7. The number of nitrogens with zero attached hydrogens (tertiary/aromatic N) is 1. The molecule has 0 bridgehead atoms. The Balaban J connectivity index is 2.52. The third-order valence-corrected chi connectivity index (χ3v) is 1.54. The number of ether oxygens (including phenoxy) is 1. The lowest BCUT2D eigenvalue weighted by Gasteiger charge is -2.03. The van der Waals surface area contributed by atoms with E-state index in [0.29, 0.717) is 0 Å². The van der Waals surface area contributed by atoms with Crippen LogP contribution in [0.5, 0.6) is 0 Å². The summed E-state index contributed by atoms with van der Waals surface area (Å²) in [7, 11) is 1.26. The van der Waals surface area contributed by atoms with Crippen LogP contribution in [0.25, 0.3) is 0 Å². The zero-order chi connectivity index (χ0) is 9.14. The van der Waals surface area contributed by atoms with Crippen molar-refractivity contribution in [3.8, 4) is 0 Å². The Morgan fingerprint density at radius 3 is 2.75 bits per heavy atom. The highest BCUT2D eigenvalue weighted by molar-refractivity contribution is 6.39. The summed E-state index contributed by atoms with van der Waals surface area (Å²) in [5.41, 5.74) is 0.283. The fraction of sp³-hybridized carbons (Fsp3) is 0.571. The predicted molar refractivity (Wildman–Crippen MR) is 39.6 cm³/mol. The highest BCUT2D eigenvalue weighted by Gasteiger charge is 2.30. The van der Waals surface area contributed by atoms with Crippen molar-refractivity contribution >= 4 is 17.5 Å². The number of hydrogen-bond donors (Lipinski definition) is 0. The molecule has 1 unspecified atom stereocenters. The van der Waals surface area contributed by atoms with Crippen LogP contribution in [0, 0.1) is 0 Å². The first-order valence-corrected chi connectivity index (χ1v) is 3.46. The number of rotatable bonds is 2. The molecule has 1 atom stereocenters. The van der Waals surface area contributed by atoms with Gasteiger partial charge < -0.3 is 9.57 Å². The van der Waals surface area contributed by atoms with Gasteiger partial charge in [-0.3, -0.25) is 4.79 Å². The lowest BCUT2D eigenvalue weighted by Crippen LogP contribution is -2.23. The van der Waals surface area contributed by atoms with Gasteiger partial charge >= 0.3 is 5.97 Å². The van der Waals surface area contributed by atoms with E-state index in [-0.39, 0.29) is 17.9 Å². The van der Waals surface area contributed by atoms with Gasteiger partial charge in [-0.15, -0.1) is 0 Å². The van der Waals surface area contributed by atoms with Gasteiger partial charge in [0.15, 0.2) is 5.78 Å². The smallest absolute Gasteiger partial charge is 0.350 e. The molecule has 0 saturated carbocycles. The average Bonchev–Trinajstić information content (AvgIpc) is 2.51. The minimum Gasteiger partial charge on any atom is -0.466 e. The Hall–Kier alpha value is -1.39. The van der Waals surface area contributed by atoms with Crippen molar-refractivity contribution in [2.45, 2.75) is 19.4 Å². The SMILES string of the molecule is COC(=O)C1CC(C(C)=O)=NO1. The van der Waals surface area contributed by atoms with E-state index >= 15 is 0 Å². The summed E-state index contributed by atoms with van der Waals surface area (Å²) in [6.45, 7) is 1.38. The second-order valence-corrected chi connectivity index (χ2v) is 2.42. The second-order valence-electron chi connectivity index (χ2n) is 2.42. The molecule has 0 fully saturated rings. The maximum Gasteiger partial charge on any atom is 0.350 e. The predicted octanol–water partition coefficient (Wildman–Crippen LogP) is -0.107. The van der Waals surface area contributed by atoms with Crippen molar-refractivity contribution in [3.05, 3.63) is 0 Å². The van der Waals surface area contributed by atoms with E-state index in [2.05, 4.69) is 14.7 Å². The lowest BCUT2D eigenvalue weighted by molar-refractivity contribution is -0.152. The van der Waals surface area contributed by atoms with E-state index in [4.69, 9.17) is 0 Å². The van der Waals surface area contributed by atoms with Crippen LogP contribution < -0.4 is 0 Å². The van der Waals surface area contributed by atoms with Crippen molar-refractivity contribution < 1.29 is 19.2 Å². The van der Waals surface area contributed by atoms with Gasteiger partial charge in [0, 0.05) is 13.3 Å². The van der Waals surface area contributed by atoms with Crippen molar-refractivity contribution in [1.82, 2.24) is 0 Å². The number of hydrogen-bond acceptors (Lipinski definition) is 5. The molecule has 1 aliphatic rings. The third-order valence-electron chi connectivity index (χ3n) is 1.54. The molecular weight excluding hydrogens is 162 g/mol. The van der Waals surface area contributed by atoms with E-state index in [9.17, 15) is 9.59 Å². The maximum absolute atomic E-state index is 10.9. The highest BCUT2D eigenvalue weighted by Crippen LogP contribution is 2.11. The summed E-state index contributed by atoms with van der Waals surface area (Å²) < 4.78 is 4.41. The minimum absolute atomic E-state index is 0.179. The molecule has 5 nitrogen and oxygen atoms in total. The fourth-order valence-corrected chi connectivity index (χ4v) is 0.843. The van der Waals surface area contributed by atoms with E-state index in [1.807, 2.05) is 0 Å². The molecule has 1 aliphatic heterocycles. The van der Waals surface area contributed by atoms with Crippen LogP contribution in [0.1, 0.15) is 13.3 Å². The van der Waals surface area contributed by atoms with Gasteiger partial charge in [0.05, 0.1) is 7.11 Å². The Kier molecular flexibility index (Phi) is 2.42. The molecule has 5 heteroatoms. The Labute approximate surface area is 69.3 Å².